The lowest BCUT2D eigenvalue weighted by Crippen LogP contribution is -2.41. The molecule has 3 fully saturated rings. The Balaban J connectivity index is 1.50. The van der Waals surface area contributed by atoms with Crippen LogP contribution in [0.1, 0.15) is 6.42 Å². The highest BCUT2D eigenvalue weighted by molar-refractivity contribution is 7.91. The van der Waals surface area contributed by atoms with E-state index in [9.17, 15) is 8.42 Å². The molecule has 0 radical (unpaired) electrons. The summed E-state index contributed by atoms with van der Waals surface area (Å²) in [5, 5.41) is 3.87. The summed E-state index contributed by atoms with van der Waals surface area (Å²) in [6, 6.07) is 0.0353. The molecule has 0 aliphatic carbocycles. The van der Waals surface area contributed by atoms with Gasteiger partial charge < -0.3 is 15.0 Å². The van der Waals surface area contributed by atoms with E-state index in [1.165, 1.54) is 0 Å². The average molecular weight is 319 g/mol. The Labute approximate surface area is 125 Å². The lowest BCUT2D eigenvalue weighted by atomic mass is 10.2. The number of thiocarbonyl (C=S) groups is 1. The summed E-state index contributed by atoms with van der Waals surface area (Å²) in [6.07, 6.45) is 1.01. The van der Waals surface area contributed by atoms with Crippen LogP contribution in [0.2, 0.25) is 0 Å². The van der Waals surface area contributed by atoms with Gasteiger partial charge in [-0.25, -0.2) is 8.42 Å². The van der Waals surface area contributed by atoms with Crippen LogP contribution in [0.3, 0.4) is 0 Å². The fourth-order valence-corrected chi connectivity index (χ4v) is 5.52. The number of rotatable bonds is 4. The molecule has 0 spiro atoms. The van der Waals surface area contributed by atoms with E-state index in [-0.39, 0.29) is 23.6 Å². The predicted molar refractivity (Wildman–Crippen MR) is 80.5 cm³/mol. The van der Waals surface area contributed by atoms with Crippen molar-refractivity contribution in [2.45, 2.75) is 18.5 Å². The van der Waals surface area contributed by atoms with E-state index in [2.05, 4.69) is 15.1 Å². The van der Waals surface area contributed by atoms with Crippen LogP contribution in [0.15, 0.2) is 0 Å². The minimum absolute atomic E-state index is 0.00381. The zero-order valence-corrected chi connectivity index (χ0v) is 13.1. The number of ether oxygens (including phenoxy) is 1. The molecule has 0 aromatic heterocycles. The van der Waals surface area contributed by atoms with E-state index in [4.69, 9.17) is 17.0 Å². The zero-order chi connectivity index (χ0) is 14.2. The van der Waals surface area contributed by atoms with Gasteiger partial charge in [-0.05, 0) is 18.6 Å². The number of sulfone groups is 1. The monoisotopic (exact) mass is 319 g/mol. The molecule has 0 unspecified atom stereocenters. The van der Waals surface area contributed by atoms with Gasteiger partial charge in [-0.3, -0.25) is 4.90 Å². The van der Waals surface area contributed by atoms with Gasteiger partial charge in [-0.2, -0.15) is 0 Å². The molecule has 3 saturated heterocycles. The quantitative estimate of drug-likeness (QED) is 0.671. The van der Waals surface area contributed by atoms with Crippen molar-refractivity contribution in [3.8, 4) is 0 Å². The maximum atomic E-state index is 11.7. The Morgan fingerprint density at radius 3 is 2.75 bits per heavy atom. The third-order valence-electron chi connectivity index (χ3n) is 4.27. The highest BCUT2D eigenvalue weighted by atomic mass is 32.2. The van der Waals surface area contributed by atoms with Gasteiger partial charge in [0, 0.05) is 26.2 Å². The summed E-state index contributed by atoms with van der Waals surface area (Å²) >= 11 is 5.33. The number of fused-ring (bicyclic) bond motifs is 1. The number of morpholine rings is 1. The predicted octanol–water partition coefficient (Wildman–Crippen LogP) is -0.936. The van der Waals surface area contributed by atoms with Crippen molar-refractivity contribution in [2.75, 3.05) is 50.9 Å². The van der Waals surface area contributed by atoms with Gasteiger partial charge in [-0.1, -0.05) is 0 Å². The molecule has 0 aromatic carbocycles. The first-order chi connectivity index (χ1) is 9.55. The van der Waals surface area contributed by atoms with Crippen molar-refractivity contribution in [2.24, 2.45) is 0 Å². The van der Waals surface area contributed by atoms with Gasteiger partial charge in [0.2, 0.25) is 0 Å². The molecule has 3 aliphatic rings. The second-order valence-electron chi connectivity index (χ2n) is 5.70. The maximum Gasteiger partial charge on any atom is 0.169 e. The molecule has 20 heavy (non-hydrogen) atoms. The first kappa shape index (κ1) is 14.5. The van der Waals surface area contributed by atoms with Crippen LogP contribution in [-0.2, 0) is 14.6 Å². The van der Waals surface area contributed by atoms with Gasteiger partial charge in [0.1, 0.15) is 0 Å². The smallest absolute Gasteiger partial charge is 0.169 e. The Morgan fingerprint density at radius 1 is 1.25 bits per heavy atom. The topological polar surface area (TPSA) is 61.9 Å². The van der Waals surface area contributed by atoms with Crippen LogP contribution < -0.4 is 5.32 Å². The minimum atomic E-state index is -2.90. The zero-order valence-electron chi connectivity index (χ0n) is 11.5. The molecule has 0 aromatic rings. The highest BCUT2D eigenvalue weighted by Crippen LogP contribution is 2.24. The molecule has 3 aliphatic heterocycles. The second kappa shape index (κ2) is 5.75. The minimum Gasteiger partial charge on any atom is -0.379 e. The van der Waals surface area contributed by atoms with Crippen LogP contribution in [-0.4, -0.2) is 86.3 Å². The molecule has 0 bridgehead atoms. The normalized spacial score (nSPS) is 33.2. The molecule has 6 nitrogen and oxygen atoms in total. The van der Waals surface area contributed by atoms with E-state index in [1.807, 2.05) is 0 Å². The summed E-state index contributed by atoms with van der Waals surface area (Å²) in [5.41, 5.74) is 0. The first-order valence-corrected chi connectivity index (χ1v) is 9.36. The van der Waals surface area contributed by atoms with Crippen LogP contribution >= 0.6 is 12.2 Å². The molecule has 0 saturated carbocycles. The molecule has 1 N–H and O–H groups in total. The Kier molecular flexibility index (Phi) is 4.16. The number of nitrogens with one attached hydrogen (secondary N) is 1. The number of hydrogen-bond acceptors (Lipinski definition) is 5. The summed E-state index contributed by atoms with van der Waals surface area (Å²) in [5.74, 6) is 0.458. The second-order valence-corrected chi connectivity index (χ2v) is 8.24. The summed E-state index contributed by atoms with van der Waals surface area (Å²) < 4.78 is 28.7. The van der Waals surface area contributed by atoms with Crippen molar-refractivity contribution >= 4 is 27.2 Å². The van der Waals surface area contributed by atoms with Gasteiger partial charge in [-0.15, -0.1) is 0 Å². The molecular weight excluding hydrogens is 298 g/mol. The third-order valence-corrected chi connectivity index (χ3v) is 6.34. The highest BCUT2D eigenvalue weighted by Gasteiger charge is 2.46. The lowest BCUT2D eigenvalue weighted by molar-refractivity contribution is 0.0366. The van der Waals surface area contributed by atoms with Crippen LogP contribution in [0.4, 0.5) is 0 Å². The summed E-state index contributed by atoms with van der Waals surface area (Å²) in [6.45, 7) is 5.46. The van der Waals surface area contributed by atoms with Crippen molar-refractivity contribution in [3.63, 3.8) is 0 Å². The standard InChI is InChI=1S/C12H21N3O3S2/c16-20(17)8-10-11(9-20)15(12(19)13-10)3-1-2-14-4-6-18-7-5-14/h10-11H,1-9H2,(H,13,19)/t10-,11+/m1/s1. The Morgan fingerprint density at radius 2 is 2.00 bits per heavy atom. The van der Waals surface area contributed by atoms with Crippen molar-refractivity contribution in [1.29, 1.82) is 0 Å². The van der Waals surface area contributed by atoms with Gasteiger partial charge >= 0.3 is 0 Å². The van der Waals surface area contributed by atoms with Crippen molar-refractivity contribution in [3.05, 3.63) is 0 Å². The van der Waals surface area contributed by atoms with E-state index in [0.29, 0.717) is 0 Å². The van der Waals surface area contributed by atoms with E-state index in [1.54, 1.807) is 0 Å². The molecule has 3 heterocycles. The molecule has 0 amide bonds. The van der Waals surface area contributed by atoms with E-state index < -0.39 is 9.84 Å². The molecule has 2 atom stereocenters. The fourth-order valence-electron chi connectivity index (χ4n) is 3.22. The molecule has 3 rings (SSSR count). The van der Waals surface area contributed by atoms with Crippen LogP contribution in [0.25, 0.3) is 0 Å². The van der Waals surface area contributed by atoms with Gasteiger partial charge in [0.15, 0.2) is 14.9 Å². The van der Waals surface area contributed by atoms with E-state index in [0.717, 1.165) is 50.9 Å². The first-order valence-electron chi connectivity index (χ1n) is 7.13. The van der Waals surface area contributed by atoms with E-state index >= 15 is 0 Å². The molecule has 114 valence electrons. The van der Waals surface area contributed by atoms with Gasteiger partial charge in [0.25, 0.3) is 0 Å². The SMILES string of the molecule is O=S1(=O)C[C@H]2NC(=S)N(CCCN3CCOCC3)[C@H]2C1. The number of hydrogen-bond donors (Lipinski definition) is 1. The van der Waals surface area contributed by atoms with Crippen molar-refractivity contribution in [1.82, 2.24) is 15.1 Å². The fraction of sp³-hybridized carbons (Fsp3) is 0.917. The van der Waals surface area contributed by atoms with Crippen molar-refractivity contribution < 1.29 is 13.2 Å². The number of nitrogens with zero attached hydrogens (tertiary/aromatic N) is 2. The lowest BCUT2D eigenvalue weighted by Gasteiger charge is -2.28. The third kappa shape index (κ3) is 3.08. The summed E-state index contributed by atoms with van der Waals surface area (Å²) in [7, 11) is -2.90. The Hall–Kier alpha value is -0.440. The van der Waals surface area contributed by atoms with Crippen LogP contribution in [0.5, 0.6) is 0 Å². The average Bonchev–Trinajstić information content (AvgIpc) is 2.83. The molecular formula is C12H21N3O3S2. The maximum absolute atomic E-state index is 11.7. The molecule has 8 heteroatoms. The van der Waals surface area contributed by atoms with Crippen LogP contribution in [0, 0.1) is 0 Å². The summed E-state index contributed by atoms with van der Waals surface area (Å²) in [4.78, 5) is 4.46. The Bertz CT molecular complexity index is 476. The largest absolute Gasteiger partial charge is 0.379 e. The van der Waals surface area contributed by atoms with Gasteiger partial charge in [0.05, 0.1) is 36.8 Å².